The summed E-state index contributed by atoms with van der Waals surface area (Å²) < 4.78 is 0. The van der Waals surface area contributed by atoms with Crippen LogP contribution in [0.15, 0.2) is 54.9 Å². The topological polar surface area (TPSA) is 16.1 Å². The Hall–Kier alpha value is -1.67. The number of hydrogen-bond donors (Lipinski definition) is 0. The monoisotopic (exact) mass is 266 g/mol. The lowest BCUT2D eigenvalue weighted by molar-refractivity contribution is 0.305. The van der Waals surface area contributed by atoms with Crippen LogP contribution in [0.2, 0.25) is 0 Å². The number of likely N-dealkylation sites (N-methyl/N-ethyl adjacent to an activating group) is 1. The van der Waals surface area contributed by atoms with Crippen LogP contribution >= 0.6 is 0 Å². The molecule has 20 heavy (non-hydrogen) atoms. The highest BCUT2D eigenvalue weighted by molar-refractivity contribution is 5.31. The summed E-state index contributed by atoms with van der Waals surface area (Å²) in [6.45, 7) is 2.26. The molecule has 3 rings (SSSR count). The fourth-order valence-electron chi connectivity index (χ4n) is 2.94. The minimum Gasteiger partial charge on any atom is -0.305 e. The predicted molar refractivity (Wildman–Crippen MR) is 82.8 cm³/mol. The standard InChI is InChI=1S/C18H22N2/c1-20(13-9-16-6-5-12-19-14-16)15-18(10-11-18)17-7-3-2-4-8-17/h2-8,12,14H,9-11,13,15H2,1H3. The van der Waals surface area contributed by atoms with Gasteiger partial charge < -0.3 is 4.90 Å². The summed E-state index contributed by atoms with van der Waals surface area (Å²) in [7, 11) is 2.24. The van der Waals surface area contributed by atoms with Gasteiger partial charge in [0.05, 0.1) is 0 Å². The third-order valence-electron chi connectivity index (χ3n) is 4.32. The summed E-state index contributed by atoms with van der Waals surface area (Å²) in [6.07, 6.45) is 7.54. The van der Waals surface area contributed by atoms with Crippen LogP contribution in [0.3, 0.4) is 0 Å². The van der Waals surface area contributed by atoms with Crippen molar-refractivity contribution >= 4 is 0 Å². The largest absolute Gasteiger partial charge is 0.305 e. The van der Waals surface area contributed by atoms with E-state index in [1.807, 2.05) is 18.5 Å². The average molecular weight is 266 g/mol. The van der Waals surface area contributed by atoms with Crippen molar-refractivity contribution in [1.29, 1.82) is 0 Å². The van der Waals surface area contributed by atoms with Gasteiger partial charge >= 0.3 is 0 Å². The maximum absolute atomic E-state index is 4.18. The van der Waals surface area contributed by atoms with Crippen LogP contribution in [-0.4, -0.2) is 30.0 Å². The van der Waals surface area contributed by atoms with Crippen LogP contribution in [0, 0.1) is 0 Å². The Labute approximate surface area is 121 Å². The van der Waals surface area contributed by atoms with Crippen LogP contribution in [0.1, 0.15) is 24.0 Å². The molecule has 2 heteroatoms. The minimum absolute atomic E-state index is 0.422. The van der Waals surface area contributed by atoms with E-state index in [1.165, 1.54) is 24.0 Å². The summed E-state index contributed by atoms with van der Waals surface area (Å²) in [6, 6.07) is 15.2. The van der Waals surface area contributed by atoms with Gasteiger partial charge in [-0.1, -0.05) is 36.4 Å². The molecule has 1 saturated carbocycles. The molecule has 1 aromatic heterocycles. The van der Waals surface area contributed by atoms with Crippen molar-refractivity contribution in [3.8, 4) is 0 Å². The highest BCUT2D eigenvalue weighted by Crippen LogP contribution is 2.48. The highest BCUT2D eigenvalue weighted by atomic mass is 15.1. The maximum Gasteiger partial charge on any atom is 0.0300 e. The fraction of sp³-hybridized carbons (Fsp3) is 0.389. The molecular formula is C18H22N2. The van der Waals surface area contributed by atoms with Gasteiger partial charge in [0.2, 0.25) is 0 Å². The van der Waals surface area contributed by atoms with Gasteiger partial charge in [0.15, 0.2) is 0 Å². The van der Waals surface area contributed by atoms with Gasteiger partial charge in [0, 0.05) is 30.9 Å². The molecule has 0 aliphatic heterocycles. The number of aromatic nitrogens is 1. The van der Waals surface area contributed by atoms with Crippen molar-refractivity contribution in [2.24, 2.45) is 0 Å². The summed E-state index contributed by atoms with van der Waals surface area (Å²) >= 11 is 0. The molecule has 0 spiro atoms. The van der Waals surface area contributed by atoms with Crippen molar-refractivity contribution in [2.45, 2.75) is 24.7 Å². The first kappa shape index (κ1) is 13.3. The zero-order valence-electron chi connectivity index (χ0n) is 12.1. The van der Waals surface area contributed by atoms with Gasteiger partial charge in [-0.3, -0.25) is 4.98 Å². The van der Waals surface area contributed by atoms with Crippen LogP contribution in [0.4, 0.5) is 0 Å². The Kier molecular flexibility index (Phi) is 3.83. The lowest BCUT2D eigenvalue weighted by atomic mass is 9.95. The van der Waals surface area contributed by atoms with Crippen LogP contribution < -0.4 is 0 Å². The molecule has 0 unspecified atom stereocenters. The number of nitrogens with zero attached hydrogens (tertiary/aromatic N) is 2. The molecule has 1 aromatic carbocycles. The summed E-state index contributed by atoms with van der Waals surface area (Å²) in [5.74, 6) is 0. The average Bonchev–Trinajstić information content (AvgIpc) is 3.28. The lowest BCUT2D eigenvalue weighted by Gasteiger charge is -2.24. The summed E-state index contributed by atoms with van der Waals surface area (Å²) in [5.41, 5.74) is 3.25. The summed E-state index contributed by atoms with van der Waals surface area (Å²) in [4.78, 5) is 6.64. The normalized spacial score (nSPS) is 16.3. The van der Waals surface area contributed by atoms with Gasteiger partial charge in [0.25, 0.3) is 0 Å². The molecule has 1 aliphatic rings. The number of rotatable bonds is 6. The van der Waals surface area contributed by atoms with Crippen molar-refractivity contribution in [1.82, 2.24) is 9.88 Å². The molecule has 0 atom stereocenters. The van der Waals surface area contributed by atoms with E-state index in [0.29, 0.717) is 5.41 Å². The second kappa shape index (κ2) is 5.76. The minimum atomic E-state index is 0.422. The van der Waals surface area contributed by atoms with E-state index < -0.39 is 0 Å². The van der Waals surface area contributed by atoms with Crippen molar-refractivity contribution in [2.75, 3.05) is 20.1 Å². The van der Waals surface area contributed by atoms with Crippen molar-refractivity contribution < 1.29 is 0 Å². The predicted octanol–water partition coefficient (Wildman–Crippen LogP) is 3.29. The van der Waals surface area contributed by atoms with E-state index in [9.17, 15) is 0 Å². The Balaban J connectivity index is 1.56. The van der Waals surface area contributed by atoms with Gasteiger partial charge in [-0.15, -0.1) is 0 Å². The first-order valence-corrected chi connectivity index (χ1v) is 7.41. The van der Waals surface area contributed by atoms with E-state index in [0.717, 1.165) is 19.5 Å². The van der Waals surface area contributed by atoms with E-state index in [4.69, 9.17) is 0 Å². The Bertz CT molecular complexity index is 532. The van der Waals surface area contributed by atoms with E-state index in [2.05, 4.69) is 53.3 Å². The van der Waals surface area contributed by atoms with Gasteiger partial charge in [0.1, 0.15) is 0 Å². The summed E-state index contributed by atoms with van der Waals surface area (Å²) in [5, 5.41) is 0. The number of benzene rings is 1. The SMILES string of the molecule is CN(CCc1cccnc1)CC1(c2ccccc2)CC1. The molecule has 1 fully saturated rings. The molecule has 0 saturated heterocycles. The molecule has 2 nitrogen and oxygen atoms in total. The van der Waals surface area contributed by atoms with Crippen molar-refractivity contribution in [3.63, 3.8) is 0 Å². The molecule has 0 radical (unpaired) electrons. The molecule has 2 aromatic rings. The second-order valence-electron chi connectivity index (χ2n) is 6.00. The third-order valence-corrected chi connectivity index (χ3v) is 4.32. The Morgan fingerprint density at radius 2 is 1.90 bits per heavy atom. The molecule has 0 N–H and O–H groups in total. The first-order chi connectivity index (χ1) is 9.78. The van der Waals surface area contributed by atoms with Gasteiger partial charge in [-0.05, 0) is 43.5 Å². The molecular weight excluding hydrogens is 244 g/mol. The zero-order chi connectivity index (χ0) is 13.8. The number of hydrogen-bond acceptors (Lipinski definition) is 2. The van der Waals surface area contributed by atoms with E-state index >= 15 is 0 Å². The van der Waals surface area contributed by atoms with Crippen LogP contribution in [0.5, 0.6) is 0 Å². The molecule has 0 bridgehead atoms. The zero-order valence-corrected chi connectivity index (χ0v) is 12.1. The van der Waals surface area contributed by atoms with Crippen LogP contribution in [0.25, 0.3) is 0 Å². The van der Waals surface area contributed by atoms with Gasteiger partial charge in [-0.2, -0.15) is 0 Å². The van der Waals surface area contributed by atoms with Crippen molar-refractivity contribution in [3.05, 3.63) is 66.0 Å². The molecule has 104 valence electrons. The van der Waals surface area contributed by atoms with E-state index in [-0.39, 0.29) is 0 Å². The van der Waals surface area contributed by atoms with E-state index in [1.54, 1.807) is 0 Å². The van der Waals surface area contributed by atoms with Crippen LogP contribution in [-0.2, 0) is 11.8 Å². The molecule has 1 heterocycles. The molecule has 1 aliphatic carbocycles. The highest BCUT2D eigenvalue weighted by Gasteiger charge is 2.44. The first-order valence-electron chi connectivity index (χ1n) is 7.41. The Morgan fingerprint density at radius 1 is 1.10 bits per heavy atom. The third kappa shape index (κ3) is 3.07. The molecule has 0 amide bonds. The maximum atomic E-state index is 4.18. The van der Waals surface area contributed by atoms with Gasteiger partial charge in [-0.25, -0.2) is 0 Å². The fourth-order valence-corrected chi connectivity index (χ4v) is 2.94. The second-order valence-corrected chi connectivity index (χ2v) is 6.00. The lowest BCUT2D eigenvalue weighted by Crippen LogP contribution is -2.30. The Morgan fingerprint density at radius 3 is 2.55 bits per heavy atom. The smallest absolute Gasteiger partial charge is 0.0300 e. The number of pyridine rings is 1. The quantitative estimate of drug-likeness (QED) is 0.797.